The first-order valence-corrected chi connectivity index (χ1v) is 11.3. The lowest BCUT2D eigenvalue weighted by molar-refractivity contribution is 0.247. The molecule has 5 rings (SSSR count). The molecule has 0 saturated carbocycles. The van der Waals surface area contributed by atoms with Gasteiger partial charge in [-0.3, -0.25) is 9.88 Å². The molecule has 0 N–H and O–H groups in total. The summed E-state index contributed by atoms with van der Waals surface area (Å²) in [5.74, 6) is 1.75. The van der Waals surface area contributed by atoms with E-state index < -0.39 is 0 Å². The Morgan fingerprint density at radius 2 is 1.83 bits per heavy atom. The summed E-state index contributed by atoms with van der Waals surface area (Å²) in [5.41, 5.74) is 3.11. The highest BCUT2D eigenvalue weighted by Crippen LogP contribution is 2.28. The van der Waals surface area contributed by atoms with Crippen molar-refractivity contribution in [2.75, 3.05) is 31.1 Å². The number of aryl methyl sites for hydroxylation is 1. The van der Waals surface area contributed by atoms with Crippen LogP contribution in [0.15, 0.2) is 54.2 Å². The Kier molecular flexibility index (Phi) is 5.38. The van der Waals surface area contributed by atoms with E-state index in [1.807, 2.05) is 24.4 Å². The van der Waals surface area contributed by atoms with E-state index in [0.29, 0.717) is 0 Å². The number of aromatic nitrogens is 4. The molecule has 0 aliphatic carbocycles. The third kappa shape index (κ3) is 3.91. The Balaban J connectivity index is 1.38. The maximum Gasteiger partial charge on any atom is 0.163 e. The van der Waals surface area contributed by atoms with Crippen LogP contribution in [-0.2, 0) is 13.0 Å². The van der Waals surface area contributed by atoms with E-state index in [9.17, 15) is 0 Å². The van der Waals surface area contributed by atoms with Crippen LogP contribution in [0, 0.1) is 0 Å². The van der Waals surface area contributed by atoms with Gasteiger partial charge in [0.1, 0.15) is 5.82 Å². The number of rotatable bonds is 5. The largest absolute Gasteiger partial charge is 0.353 e. The van der Waals surface area contributed by atoms with Crippen LogP contribution < -0.4 is 4.90 Å². The maximum atomic E-state index is 4.96. The Hall–Kier alpha value is -2.90. The zero-order chi connectivity index (χ0) is 20.3. The van der Waals surface area contributed by atoms with Gasteiger partial charge in [0.25, 0.3) is 0 Å². The molecule has 1 aliphatic heterocycles. The second-order valence-corrected chi connectivity index (χ2v) is 8.42. The zero-order valence-electron chi connectivity index (χ0n) is 17.0. The monoisotopic (exact) mass is 416 g/mol. The lowest BCUT2D eigenvalue weighted by atomic mass is 10.2. The van der Waals surface area contributed by atoms with Crippen molar-refractivity contribution in [1.82, 2.24) is 24.8 Å². The molecule has 0 unspecified atom stereocenters. The Morgan fingerprint density at radius 3 is 2.60 bits per heavy atom. The summed E-state index contributed by atoms with van der Waals surface area (Å²) >= 11 is 1.77. The van der Waals surface area contributed by atoms with Crippen LogP contribution in [0.2, 0.25) is 0 Å². The average Bonchev–Trinajstić information content (AvgIpc) is 3.27. The lowest BCUT2D eigenvalue weighted by Gasteiger charge is -2.35. The van der Waals surface area contributed by atoms with Crippen molar-refractivity contribution in [3.63, 3.8) is 0 Å². The number of piperazine rings is 1. The first-order chi connectivity index (χ1) is 14.8. The zero-order valence-corrected chi connectivity index (χ0v) is 17.8. The average molecular weight is 417 g/mol. The van der Waals surface area contributed by atoms with Crippen LogP contribution >= 0.6 is 11.3 Å². The van der Waals surface area contributed by atoms with Crippen molar-refractivity contribution in [1.29, 1.82) is 0 Å². The molecule has 1 fully saturated rings. The van der Waals surface area contributed by atoms with E-state index in [0.717, 1.165) is 67.3 Å². The van der Waals surface area contributed by atoms with Crippen molar-refractivity contribution < 1.29 is 0 Å². The smallest absolute Gasteiger partial charge is 0.163 e. The highest BCUT2D eigenvalue weighted by atomic mass is 32.1. The fourth-order valence-corrected chi connectivity index (χ4v) is 4.59. The number of hydrogen-bond acceptors (Lipinski definition) is 7. The van der Waals surface area contributed by atoms with E-state index in [1.54, 1.807) is 17.5 Å². The van der Waals surface area contributed by atoms with Crippen LogP contribution in [0.3, 0.4) is 0 Å². The fraction of sp³-hybridized carbons (Fsp3) is 0.304. The molecule has 0 atom stereocenters. The number of para-hydroxylation sites is 1. The molecule has 1 aliphatic rings. The Morgan fingerprint density at radius 1 is 0.967 bits per heavy atom. The summed E-state index contributed by atoms with van der Waals surface area (Å²) in [4.78, 5) is 23.6. The van der Waals surface area contributed by atoms with Gasteiger partial charge >= 0.3 is 0 Å². The van der Waals surface area contributed by atoms with E-state index in [4.69, 9.17) is 15.0 Å². The molecule has 0 amide bonds. The predicted molar refractivity (Wildman–Crippen MR) is 122 cm³/mol. The predicted octanol–water partition coefficient (Wildman–Crippen LogP) is 4.03. The molecule has 6 nitrogen and oxygen atoms in total. The van der Waals surface area contributed by atoms with Crippen molar-refractivity contribution >= 4 is 28.1 Å². The number of hydrogen-bond donors (Lipinski definition) is 0. The molecule has 4 aromatic rings. The molecule has 1 saturated heterocycles. The normalized spacial score (nSPS) is 15.0. The number of pyridine rings is 1. The summed E-state index contributed by atoms with van der Waals surface area (Å²) < 4.78 is 0. The quantitative estimate of drug-likeness (QED) is 0.490. The molecule has 7 heteroatoms. The summed E-state index contributed by atoms with van der Waals surface area (Å²) in [7, 11) is 0. The molecule has 0 spiro atoms. The maximum absolute atomic E-state index is 4.96. The van der Waals surface area contributed by atoms with E-state index in [2.05, 4.69) is 45.3 Å². The van der Waals surface area contributed by atoms with Gasteiger partial charge in [-0.05, 0) is 30.7 Å². The van der Waals surface area contributed by atoms with Gasteiger partial charge in [-0.15, -0.1) is 11.3 Å². The second kappa shape index (κ2) is 8.45. The molecule has 4 heterocycles. The van der Waals surface area contributed by atoms with Gasteiger partial charge in [-0.1, -0.05) is 19.1 Å². The highest BCUT2D eigenvalue weighted by Gasteiger charge is 2.21. The van der Waals surface area contributed by atoms with Crippen LogP contribution in [0.25, 0.3) is 22.3 Å². The Bertz CT molecular complexity index is 1130. The van der Waals surface area contributed by atoms with Crippen LogP contribution in [0.1, 0.15) is 17.6 Å². The third-order valence-corrected chi connectivity index (χ3v) is 6.50. The van der Waals surface area contributed by atoms with Crippen molar-refractivity contribution in [2.45, 2.75) is 19.9 Å². The van der Waals surface area contributed by atoms with Gasteiger partial charge < -0.3 is 4.90 Å². The molecule has 3 aromatic heterocycles. The van der Waals surface area contributed by atoms with Gasteiger partial charge in [-0.25, -0.2) is 15.0 Å². The molecular formula is C23H24N6S. The number of anilines is 1. The van der Waals surface area contributed by atoms with E-state index in [1.165, 1.54) is 10.7 Å². The van der Waals surface area contributed by atoms with Gasteiger partial charge in [0.05, 0.1) is 16.2 Å². The SMILES string of the molecule is CCc1nc(CN2CCN(c3nc(-c4cccnc4)nc4ccccc34)CC2)cs1. The van der Waals surface area contributed by atoms with Crippen LogP contribution in [-0.4, -0.2) is 51.0 Å². The molecule has 0 bridgehead atoms. The minimum Gasteiger partial charge on any atom is -0.353 e. The fourth-order valence-electron chi connectivity index (χ4n) is 3.86. The molecule has 30 heavy (non-hydrogen) atoms. The summed E-state index contributed by atoms with van der Waals surface area (Å²) in [6, 6.07) is 12.2. The topological polar surface area (TPSA) is 58.0 Å². The Labute approximate surface area is 180 Å². The number of benzene rings is 1. The van der Waals surface area contributed by atoms with Crippen molar-refractivity contribution in [2.24, 2.45) is 0 Å². The summed E-state index contributed by atoms with van der Waals surface area (Å²) in [6.45, 7) is 6.97. The van der Waals surface area contributed by atoms with Gasteiger partial charge in [-0.2, -0.15) is 0 Å². The van der Waals surface area contributed by atoms with E-state index >= 15 is 0 Å². The summed E-state index contributed by atoms with van der Waals surface area (Å²) in [6.07, 6.45) is 4.61. The first-order valence-electron chi connectivity index (χ1n) is 10.4. The van der Waals surface area contributed by atoms with Gasteiger partial charge in [0, 0.05) is 61.4 Å². The second-order valence-electron chi connectivity index (χ2n) is 7.48. The molecule has 1 aromatic carbocycles. The molecular weight excluding hydrogens is 392 g/mol. The number of nitrogens with zero attached hydrogens (tertiary/aromatic N) is 6. The third-order valence-electron chi connectivity index (χ3n) is 5.46. The van der Waals surface area contributed by atoms with Crippen molar-refractivity contribution in [3.05, 3.63) is 64.9 Å². The van der Waals surface area contributed by atoms with Crippen LogP contribution in [0.5, 0.6) is 0 Å². The highest BCUT2D eigenvalue weighted by molar-refractivity contribution is 7.09. The van der Waals surface area contributed by atoms with Crippen molar-refractivity contribution in [3.8, 4) is 11.4 Å². The standard InChI is InChI=1S/C23H24N6S/c1-2-21-25-18(16-30-21)15-28-10-12-29(13-11-28)23-19-7-3-4-8-20(19)26-22(27-23)17-6-5-9-24-14-17/h3-9,14,16H,2,10-13,15H2,1H3. The van der Waals surface area contributed by atoms with E-state index in [-0.39, 0.29) is 0 Å². The lowest BCUT2D eigenvalue weighted by Crippen LogP contribution is -2.46. The first kappa shape index (κ1) is 19.1. The minimum atomic E-state index is 0.730. The minimum absolute atomic E-state index is 0.730. The molecule has 152 valence electrons. The van der Waals surface area contributed by atoms with Gasteiger partial charge in [0.15, 0.2) is 5.82 Å². The number of fused-ring (bicyclic) bond motifs is 1. The molecule has 0 radical (unpaired) electrons. The van der Waals surface area contributed by atoms with Crippen LogP contribution in [0.4, 0.5) is 5.82 Å². The number of thiazole rings is 1. The summed E-state index contributed by atoms with van der Waals surface area (Å²) in [5, 5.41) is 4.52. The van der Waals surface area contributed by atoms with Gasteiger partial charge in [0.2, 0.25) is 0 Å².